The third kappa shape index (κ3) is 4.67. The van der Waals surface area contributed by atoms with E-state index in [0.29, 0.717) is 11.6 Å². The van der Waals surface area contributed by atoms with Crippen LogP contribution in [0.15, 0.2) is 75.3 Å². The normalized spacial score (nSPS) is 12.0. The number of nitrogens with one attached hydrogen (secondary N) is 1. The van der Waals surface area contributed by atoms with Gasteiger partial charge in [0, 0.05) is 6.08 Å². The Kier molecular flexibility index (Phi) is 5.28. The van der Waals surface area contributed by atoms with Crippen molar-refractivity contribution in [1.82, 2.24) is 9.82 Å². The van der Waals surface area contributed by atoms with Crippen molar-refractivity contribution in [3.8, 4) is 0 Å². The van der Waals surface area contributed by atoms with Gasteiger partial charge >= 0.3 is 0 Å². The molecule has 1 aromatic heterocycles. The first-order chi connectivity index (χ1) is 12.5. The summed E-state index contributed by atoms with van der Waals surface area (Å²) in [4.78, 5) is 6.49. The van der Waals surface area contributed by atoms with Gasteiger partial charge in [-0.1, -0.05) is 48.0 Å². The summed E-state index contributed by atoms with van der Waals surface area (Å²) < 4.78 is 29.5. The van der Waals surface area contributed by atoms with Gasteiger partial charge in [-0.15, -0.1) is 0 Å². The number of hydrogen-bond acceptors (Lipinski definition) is 5. The molecule has 26 heavy (non-hydrogen) atoms. The molecule has 132 valence electrons. The Balaban J connectivity index is 1.63. The molecule has 0 aliphatic carbocycles. The Morgan fingerprint density at radius 3 is 2.50 bits per heavy atom. The maximum absolute atomic E-state index is 12.1. The van der Waals surface area contributed by atoms with E-state index in [-0.39, 0.29) is 4.90 Å². The third-order valence-corrected chi connectivity index (χ3v) is 4.70. The van der Waals surface area contributed by atoms with Crippen LogP contribution in [0.3, 0.4) is 0 Å². The molecule has 0 unspecified atom stereocenters. The number of benzene rings is 2. The molecule has 0 spiro atoms. The fourth-order valence-electron chi connectivity index (χ4n) is 2.10. The summed E-state index contributed by atoms with van der Waals surface area (Å²) in [6.07, 6.45) is 6.28. The number of hydrazone groups is 1. The van der Waals surface area contributed by atoms with E-state index in [0.717, 1.165) is 11.1 Å². The van der Waals surface area contributed by atoms with Crippen LogP contribution in [0.2, 0.25) is 0 Å². The van der Waals surface area contributed by atoms with E-state index < -0.39 is 10.0 Å². The smallest absolute Gasteiger partial charge is 0.276 e. The largest absolute Gasteiger partial charge is 0.444 e. The fourth-order valence-corrected chi connectivity index (χ4v) is 2.89. The average molecular weight is 367 g/mol. The van der Waals surface area contributed by atoms with Gasteiger partial charge in [-0.05, 0) is 30.7 Å². The Morgan fingerprint density at radius 2 is 1.77 bits per heavy atom. The molecule has 7 heteroatoms. The van der Waals surface area contributed by atoms with Crippen LogP contribution >= 0.6 is 0 Å². The molecule has 3 rings (SSSR count). The number of nitrogens with zero attached hydrogens (tertiary/aromatic N) is 2. The standard InChI is InChI=1S/C19H17N3O3S/c1-15-7-10-18(11-8-15)26(23,24)22-20-13-17-14-25-19(21-17)12-9-16-5-3-2-4-6-16/h2-14,22H,1H3/b12-9+,20-13+. The second-order valence-electron chi connectivity index (χ2n) is 5.52. The van der Waals surface area contributed by atoms with E-state index in [2.05, 4.69) is 14.9 Å². The number of aryl methyl sites for hydroxylation is 1. The monoisotopic (exact) mass is 367 g/mol. The summed E-state index contributed by atoms with van der Waals surface area (Å²) in [5.41, 5.74) is 2.40. The van der Waals surface area contributed by atoms with Gasteiger partial charge in [0.25, 0.3) is 10.0 Å². The van der Waals surface area contributed by atoms with Crippen LogP contribution in [0.4, 0.5) is 0 Å². The summed E-state index contributed by atoms with van der Waals surface area (Å²) in [6.45, 7) is 1.89. The van der Waals surface area contributed by atoms with Crippen molar-refractivity contribution < 1.29 is 12.8 Å². The second-order valence-corrected chi connectivity index (χ2v) is 7.18. The summed E-state index contributed by atoms with van der Waals surface area (Å²) in [6, 6.07) is 16.2. The molecule has 0 fully saturated rings. The maximum Gasteiger partial charge on any atom is 0.276 e. The highest BCUT2D eigenvalue weighted by atomic mass is 32.2. The molecule has 6 nitrogen and oxygen atoms in total. The van der Waals surface area contributed by atoms with E-state index in [1.807, 2.05) is 43.3 Å². The summed E-state index contributed by atoms with van der Waals surface area (Å²) in [5.74, 6) is 0.400. The molecule has 2 aromatic carbocycles. The minimum Gasteiger partial charge on any atom is -0.444 e. The zero-order chi connectivity index (χ0) is 18.4. The minimum absolute atomic E-state index is 0.145. The number of rotatable bonds is 6. The average Bonchev–Trinajstić information content (AvgIpc) is 3.09. The van der Waals surface area contributed by atoms with Gasteiger partial charge in [0.2, 0.25) is 5.89 Å². The van der Waals surface area contributed by atoms with Crippen LogP contribution in [0.1, 0.15) is 22.7 Å². The first kappa shape index (κ1) is 17.6. The minimum atomic E-state index is -3.71. The van der Waals surface area contributed by atoms with Crippen molar-refractivity contribution in [3.63, 3.8) is 0 Å². The van der Waals surface area contributed by atoms with Gasteiger partial charge in [0.1, 0.15) is 12.0 Å². The summed E-state index contributed by atoms with van der Waals surface area (Å²) in [7, 11) is -3.71. The van der Waals surface area contributed by atoms with Crippen LogP contribution < -0.4 is 4.83 Å². The predicted molar refractivity (Wildman–Crippen MR) is 101 cm³/mol. The molecule has 0 radical (unpaired) electrons. The van der Waals surface area contributed by atoms with Crippen molar-refractivity contribution in [2.24, 2.45) is 5.10 Å². The second kappa shape index (κ2) is 7.79. The molecule has 0 atom stereocenters. The molecule has 1 N–H and O–H groups in total. The lowest BCUT2D eigenvalue weighted by Crippen LogP contribution is -2.18. The van der Waals surface area contributed by atoms with Crippen LogP contribution in [0.5, 0.6) is 0 Å². The third-order valence-electron chi connectivity index (χ3n) is 3.46. The first-order valence-electron chi connectivity index (χ1n) is 7.83. The van der Waals surface area contributed by atoms with Crippen molar-refractivity contribution >= 4 is 28.4 Å². The molecule has 0 aliphatic heterocycles. The predicted octanol–water partition coefficient (Wildman–Crippen LogP) is 3.47. The number of aromatic nitrogens is 1. The lowest BCUT2D eigenvalue weighted by molar-refractivity contribution is 0.546. The molecule has 0 saturated carbocycles. The van der Waals surface area contributed by atoms with Crippen LogP contribution in [0, 0.1) is 6.92 Å². The van der Waals surface area contributed by atoms with E-state index in [1.54, 1.807) is 18.2 Å². The van der Waals surface area contributed by atoms with Crippen LogP contribution in [-0.2, 0) is 10.0 Å². The summed E-state index contributed by atoms with van der Waals surface area (Å²) >= 11 is 0. The van der Waals surface area contributed by atoms with Gasteiger partial charge in [-0.3, -0.25) is 0 Å². The Labute approximate surface area is 152 Å². The maximum atomic E-state index is 12.1. The van der Waals surface area contributed by atoms with Gasteiger partial charge in [-0.25, -0.2) is 9.82 Å². The quantitative estimate of drug-likeness (QED) is 0.534. The number of sulfonamides is 1. The zero-order valence-corrected chi connectivity index (χ0v) is 14.8. The van der Waals surface area contributed by atoms with Gasteiger partial charge in [0.05, 0.1) is 11.1 Å². The highest BCUT2D eigenvalue weighted by Gasteiger charge is 2.11. The van der Waals surface area contributed by atoms with Crippen LogP contribution in [0.25, 0.3) is 12.2 Å². The Bertz CT molecular complexity index is 1020. The van der Waals surface area contributed by atoms with Crippen molar-refractivity contribution in [2.45, 2.75) is 11.8 Å². The topological polar surface area (TPSA) is 84.6 Å². The molecule has 3 aromatic rings. The molecule has 0 amide bonds. The Hall–Kier alpha value is -3.19. The highest BCUT2D eigenvalue weighted by Crippen LogP contribution is 2.10. The molecular weight excluding hydrogens is 350 g/mol. The molecule has 0 saturated heterocycles. The van der Waals surface area contributed by atoms with E-state index in [1.165, 1.54) is 24.6 Å². The van der Waals surface area contributed by atoms with Gasteiger partial charge < -0.3 is 4.42 Å². The number of hydrogen-bond donors (Lipinski definition) is 1. The summed E-state index contributed by atoms with van der Waals surface area (Å²) in [5, 5.41) is 3.73. The molecule has 0 aliphatic rings. The van der Waals surface area contributed by atoms with Crippen molar-refractivity contribution in [3.05, 3.63) is 83.6 Å². The Morgan fingerprint density at radius 1 is 1.04 bits per heavy atom. The van der Waals surface area contributed by atoms with Gasteiger partial charge in [-0.2, -0.15) is 13.5 Å². The SMILES string of the molecule is Cc1ccc(S(=O)(=O)N/N=C/c2coc(/C=C/c3ccccc3)n2)cc1. The van der Waals surface area contributed by atoms with Gasteiger partial charge in [0.15, 0.2) is 0 Å². The zero-order valence-electron chi connectivity index (χ0n) is 14.0. The van der Waals surface area contributed by atoms with Crippen molar-refractivity contribution in [1.29, 1.82) is 0 Å². The van der Waals surface area contributed by atoms with E-state index in [4.69, 9.17) is 4.42 Å². The number of oxazole rings is 1. The molecule has 1 heterocycles. The lowest BCUT2D eigenvalue weighted by Gasteiger charge is -2.02. The fraction of sp³-hybridized carbons (Fsp3) is 0.0526. The van der Waals surface area contributed by atoms with E-state index >= 15 is 0 Å². The molecule has 0 bridgehead atoms. The molecular formula is C19H17N3O3S. The van der Waals surface area contributed by atoms with Crippen LogP contribution in [-0.4, -0.2) is 19.6 Å². The van der Waals surface area contributed by atoms with Crippen molar-refractivity contribution in [2.75, 3.05) is 0 Å². The van der Waals surface area contributed by atoms with E-state index in [9.17, 15) is 8.42 Å². The highest BCUT2D eigenvalue weighted by molar-refractivity contribution is 7.89. The first-order valence-corrected chi connectivity index (χ1v) is 9.31. The lowest BCUT2D eigenvalue weighted by atomic mass is 10.2.